The van der Waals surface area contributed by atoms with Gasteiger partial charge >= 0.3 is 0 Å². The van der Waals surface area contributed by atoms with Crippen LogP contribution in [0.5, 0.6) is 0 Å². The molecule has 0 radical (unpaired) electrons. The number of hydrogen-bond acceptors (Lipinski definition) is 3. The van der Waals surface area contributed by atoms with Gasteiger partial charge in [-0.15, -0.1) is 11.6 Å². The van der Waals surface area contributed by atoms with E-state index in [1.54, 1.807) is 19.1 Å². The van der Waals surface area contributed by atoms with E-state index in [0.29, 0.717) is 19.8 Å². The summed E-state index contributed by atoms with van der Waals surface area (Å²) in [6.07, 6.45) is 0. The van der Waals surface area contributed by atoms with Crippen LogP contribution in [0.25, 0.3) is 0 Å². The summed E-state index contributed by atoms with van der Waals surface area (Å²) >= 11 is 5.89. The fourth-order valence-corrected chi connectivity index (χ4v) is 1.27. The Bertz CT molecular complexity index is 166. The molecule has 0 aliphatic rings. The molecule has 0 aromatic rings. The third kappa shape index (κ3) is 6.18. The molecule has 0 aromatic carbocycles. The van der Waals surface area contributed by atoms with Crippen LogP contribution in [0.2, 0.25) is 0 Å². The summed E-state index contributed by atoms with van der Waals surface area (Å²) in [7, 11) is 3.28. The molecule has 0 heterocycles. The van der Waals surface area contributed by atoms with E-state index < -0.39 is 0 Å². The molecule has 1 unspecified atom stereocenters. The van der Waals surface area contributed by atoms with Gasteiger partial charge in [0.15, 0.2) is 0 Å². The minimum atomic E-state index is -0.171. The molecule has 1 atom stereocenters. The van der Waals surface area contributed by atoms with Crippen LogP contribution in [0.15, 0.2) is 0 Å². The molecule has 0 aliphatic carbocycles. The van der Waals surface area contributed by atoms with Crippen LogP contribution in [-0.2, 0) is 14.3 Å². The minimum Gasteiger partial charge on any atom is -0.383 e. The summed E-state index contributed by atoms with van der Waals surface area (Å²) in [6.45, 7) is 3.42. The van der Waals surface area contributed by atoms with E-state index in [1.807, 2.05) is 6.92 Å². The van der Waals surface area contributed by atoms with Gasteiger partial charge in [-0.2, -0.15) is 0 Å². The second-order valence-corrected chi connectivity index (χ2v) is 3.58. The SMILES string of the molecule is CCOCC(=O)N(C)CC(Cl)COC. The van der Waals surface area contributed by atoms with Gasteiger partial charge < -0.3 is 14.4 Å². The molecular formula is C9H18ClNO3. The number of alkyl halides is 1. The van der Waals surface area contributed by atoms with Gasteiger partial charge in [0, 0.05) is 27.3 Å². The summed E-state index contributed by atoms with van der Waals surface area (Å²) in [6, 6.07) is 0. The second-order valence-electron chi connectivity index (χ2n) is 2.96. The molecule has 0 N–H and O–H groups in total. The Morgan fingerprint density at radius 1 is 1.57 bits per heavy atom. The van der Waals surface area contributed by atoms with Gasteiger partial charge in [0.2, 0.25) is 5.91 Å². The Balaban J connectivity index is 3.70. The Morgan fingerprint density at radius 2 is 2.21 bits per heavy atom. The Kier molecular flexibility index (Phi) is 7.84. The van der Waals surface area contributed by atoms with E-state index in [-0.39, 0.29) is 17.9 Å². The van der Waals surface area contributed by atoms with Gasteiger partial charge in [0.1, 0.15) is 6.61 Å². The number of methoxy groups -OCH3 is 1. The van der Waals surface area contributed by atoms with Crippen molar-refractivity contribution in [1.82, 2.24) is 4.90 Å². The van der Waals surface area contributed by atoms with Crippen LogP contribution < -0.4 is 0 Å². The number of likely N-dealkylation sites (N-methyl/N-ethyl adjacent to an activating group) is 1. The number of carbonyl (C=O) groups excluding carboxylic acids is 1. The maximum Gasteiger partial charge on any atom is 0.248 e. The normalized spacial score (nSPS) is 12.6. The molecule has 0 fully saturated rings. The molecule has 5 heteroatoms. The quantitative estimate of drug-likeness (QED) is 0.598. The Hall–Kier alpha value is -0.320. The van der Waals surface area contributed by atoms with Gasteiger partial charge in [-0.1, -0.05) is 0 Å². The first-order chi connectivity index (χ1) is 6.61. The maximum absolute atomic E-state index is 11.3. The lowest BCUT2D eigenvalue weighted by Gasteiger charge is -2.19. The zero-order valence-electron chi connectivity index (χ0n) is 8.96. The molecule has 0 bridgehead atoms. The number of ether oxygens (including phenoxy) is 2. The monoisotopic (exact) mass is 223 g/mol. The largest absolute Gasteiger partial charge is 0.383 e. The summed E-state index contributed by atoms with van der Waals surface area (Å²) < 4.78 is 9.86. The smallest absolute Gasteiger partial charge is 0.248 e. The van der Waals surface area contributed by atoms with Gasteiger partial charge in [-0.3, -0.25) is 4.79 Å². The third-order valence-corrected chi connectivity index (χ3v) is 1.94. The first-order valence-corrected chi connectivity index (χ1v) is 5.00. The van der Waals surface area contributed by atoms with Crippen molar-refractivity contribution in [3.05, 3.63) is 0 Å². The predicted octanol–water partition coefficient (Wildman–Crippen LogP) is 0.735. The number of halogens is 1. The third-order valence-electron chi connectivity index (χ3n) is 1.67. The number of amides is 1. The molecule has 0 saturated heterocycles. The first-order valence-electron chi connectivity index (χ1n) is 4.56. The highest BCUT2D eigenvalue weighted by molar-refractivity contribution is 6.21. The summed E-state index contributed by atoms with van der Waals surface area (Å²) in [5, 5.41) is -0.171. The van der Waals surface area contributed by atoms with Gasteiger partial charge in [-0.05, 0) is 6.92 Å². The van der Waals surface area contributed by atoms with Crippen molar-refractivity contribution >= 4 is 17.5 Å². The number of rotatable bonds is 7. The predicted molar refractivity (Wildman–Crippen MR) is 55.6 cm³/mol. The highest BCUT2D eigenvalue weighted by atomic mass is 35.5. The average Bonchev–Trinajstić information content (AvgIpc) is 2.14. The van der Waals surface area contributed by atoms with Crippen molar-refractivity contribution < 1.29 is 14.3 Å². The van der Waals surface area contributed by atoms with Crippen molar-refractivity contribution in [2.75, 3.05) is 40.5 Å². The average molecular weight is 224 g/mol. The fourth-order valence-electron chi connectivity index (χ4n) is 0.932. The Labute approximate surface area is 90.1 Å². The first kappa shape index (κ1) is 13.7. The lowest BCUT2D eigenvalue weighted by atomic mass is 10.4. The standard InChI is InChI=1S/C9H18ClNO3/c1-4-14-7-9(12)11(2)5-8(10)6-13-3/h8H,4-7H2,1-3H3. The van der Waals surface area contributed by atoms with Crippen LogP contribution in [0, 0.1) is 0 Å². The van der Waals surface area contributed by atoms with E-state index in [4.69, 9.17) is 21.1 Å². The molecule has 4 nitrogen and oxygen atoms in total. The van der Waals surface area contributed by atoms with Crippen LogP contribution in [0.1, 0.15) is 6.92 Å². The molecular weight excluding hydrogens is 206 g/mol. The van der Waals surface area contributed by atoms with E-state index in [1.165, 1.54) is 0 Å². The number of carbonyl (C=O) groups is 1. The van der Waals surface area contributed by atoms with Gasteiger partial charge in [-0.25, -0.2) is 0 Å². The number of hydrogen-bond donors (Lipinski definition) is 0. The molecule has 14 heavy (non-hydrogen) atoms. The van der Waals surface area contributed by atoms with Crippen LogP contribution in [-0.4, -0.2) is 56.7 Å². The second kappa shape index (κ2) is 8.03. The molecule has 0 spiro atoms. The summed E-state index contributed by atoms with van der Waals surface area (Å²) in [4.78, 5) is 12.9. The van der Waals surface area contributed by atoms with E-state index in [0.717, 1.165) is 0 Å². The zero-order valence-corrected chi connectivity index (χ0v) is 9.71. The van der Waals surface area contributed by atoms with Crippen LogP contribution >= 0.6 is 11.6 Å². The maximum atomic E-state index is 11.3. The summed E-state index contributed by atoms with van der Waals surface area (Å²) in [5.41, 5.74) is 0. The van der Waals surface area contributed by atoms with E-state index >= 15 is 0 Å². The van der Waals surface area contributed by atoms with E-state index in [9.17, 15) is 4.79 Å². The van der Waals surface area contributed by atoms with Gasteiger partial charge in [0.05, 0.1) is 12.0 Å². The topological polar surface area (TPSA) is 38.8 Å². The lowest BCUT2D eigenvalue weighted by molar-refractivity contribution is -0.134. The van der Waals surface area contributed by atoms with Crippen molar-refractivity contribution in [3.63, 3.8) is 0 Å². The van der Waals surface area contributed by atoms with Crippen LogP contribution in [0.3, 0.4) is 0 Å². The summed E-state index contributed by atoms with van der Waals surface area (Å²) in [5.74, 6) is -0.0615. The van der Waals surface area contributed by atoms with Crippen molar-refractivity contribution in [2.24, 2.45) is 0 Å². The van der Waals surface area contributed by atoms with Crippen molar-refractivity contribution in [1.29, 1.82) is 0 Å². The van der Waals surface area contributed by atoms with Crippen molar-refractivity contribution in [2.45, 2.75) is 12.3 Å². The van der Waals surface area contributed by atoms with Crippen LogP contribution in [0.4, 0.5) is 0 Å². The molecule has 1 amide bonds. The molecule has 0 saturated carbocycles. The molecule has 0 aliphatic heterocycles. The Morgan fingerprint density at radius 3 is 2.71 bits per heavy atom. The number of nitrogens with zero attached hydrogens (tertiary/aromatic N) is 1. The minimum absolute atomic E-state index is 0.0615. The highest BCUT2D eigenvalue weighted by Gasteiger charge is 2.13. The fraction of sp³-hybridized carbons (Fsp3) is 0.889. The van der Waals surface area contributed by atoms with E-state index in [2.05, 4.69) is 0 Å². The van der Waals surface area contributed by atoms with Crippen molar-refractivity contribution in [3.8, 4) is 0 Å². The molecule has 84 valence electrons. The highest BCUT2D eigenvalue weighted by Crippen LogP contribution is 1.99. The zero-order chi connectivity index (χ0) is 11.0. The van der Waals surface area contributed by atoms with Gasteiger partial charge in [0.25, 0.3) is 0 Å². The molecule has 0 rings (SSSR count). The molecule has 0 aromatic heterocycles. The lowest BCUT2D eigenvalue weighted by Crippen LogP contribution is -2.36.